The van der Waals surface area contributed by atoms with Crippen molar-refractivity contribution in [1.82, 2.24) is 0 Å². The number of hydrogen-bond acceptors (Lipinski definition) is 4. The van der Waals surface area contributed by atoms with Gasteiger partial charge < -0.3 is 14.6 Å². The lowest BCUT2D eigenvalue weighted by Crippen LogP contribution is -2.02. The maximum atomic E-state index is 11.5. The summed E-state index contributed by atoms with van der Waals surface area (Å²) in [5, 5.41) is 9.45. The van der Waals surface area contributed by atoms with Crippen molar-refractivity contribution in [3.63, 3.8) is 0 Å². The van der Waals surface area contributed by atoms with Gasteiger partial charge >= 0.3 is 5.97 Å². The highest BCUT2D eigenvalue weighted by Crippen LogP contribution is 2.34. The van der Waals surface area contributed by atoms with E-state index >= 15 is 0 Å². The lowest BCUT2D eigenvalue weighted by Gasteiger charge is -2.07. The molecule has 4 nitrogen and oxygen atoms in total. The van der Waals surface area contributed by atoms with E-state index in [1.807, 2.05) is 0 Å². The third-order valence-corrected chi connectivity index (χ3v) is 2.50. The molecule has 4 heteroatoms. The summed E-state index contributed by atoms with van der Waals surface area (Å²) in [6.45, 7) is 2.63. The van der Waals surface area contributed by atoms with Crippen LogP contribution in [0.2, 0.25) is 0 Å². The lowest BCUT2D eigenvalue weighted by molar-refractivity contribution is -0.0547. The number of ether oxygens (including phenoxy) is 2. The van der Waals surface area contributed by atoms with Crippen molar-refractivity contribution in [3.05, 3.63) is 29.3 Å². The fourth-order valence-corrected chi connectivity index (χ4v) is 1.64. The highest BCUT2D eigenvalue weighted by atomic mass is 16.6. The Hall–Kier alpha value is -1.55. The smallest absolute Gasteiger partial charge is 0.345 e. The van der Waals surface area contributed by atoms with E-state index in [2.05, 4.69) is 6.92 Å². The van der Waals surface area contributed by atoms with Crippen LogP contribution in [0.5, 0.6) is 5.75 Å². The molecule has 1 aliphatic rings. The molecule has 2 rings (SSSR count). The number of fused-ring (bicyclic) bond motifs is 1. The van der Waals surface area contributed by atoms with E-state index in [-0.39, 0.29) is 0 Å². The van der Waals surface area contributed by atoms with Gasteiger partial charge in [-0.1, -0.05) is 25.5 Å². The van der Waals surface area contributed by atoms with Gasteiger partial charge in [-0.25, -0.2) is 4.79 Å². The predicted octanol–water partition coefficient (Wildman–Crippen LogP) is 2.03. The summed E-state index contributed by atoms with van der Waals surface area (Å²) < 4.78 is 10.2. The second-order valence-corrected chi connectivity index (χ2v) is 3.68. The standard InChI is InChI=1S/C12H14O4/c1-2-3-7-15-9-6-4-5-8-10(9)12(14)16-11(8)13/h4-6,11,13H,2-3,7H2,1H3. The molecule has 0 aliphatic carbocycles. The number of benzene rings is 1. The van der Waals surface area contributed by atoms with Crippen LogP contribution in [-0.2, 0) is 4.74 Å². The summed E-state index contributed by atoms with van der Waals surface area (Å²) in [5.74, 6) is -0.0258. The predicted molar refractivity (Wildman–Crippen MR) is 57.2 cm³/mol. The van der Waals surface area contributed by atoms with Crippen LogP contribution in [0.1, 0.15) is 42.0 Å². The number of aliphatic hydroxyl groups is 1. The van der Waals surface area contributed by atoms with Crippen molar-refractivity contribution >= 4 is 5.97 Å². The summed E-state index contributed by atoms with van der Waals surface area (Å²) >= 11 is 0. The summed E-state index contributed by atoms with van der Waals surface area (Å²) in [6, 6.07) is 5.12. The van der Waals surface area contributed by atoms with Crippen LogP contribution >= 0.6 is 0 Å². The van der Waals surface area contributed by atoms with Crippen LogP contribution in [0.3, 0.4) is 0 Å². The topological polar surface area (TPSA) is 55.8 Å². The van der Waals surface area contributed by atoms with Gasteiger partial charge in [0.05, 0.1) is 6.61 Å². The van der Waals surface area contributed by atoms with Crippen LogP contribution in [0.15, 0.2) is 18.2 Å². The van der Waals surface area contributed by atoms with Gasteiger partial charge in [-0.2, -0.15) is 0 Å². The highest BCUT2D eigenvalue weighted by Gasteiger charge is 2.32. The average molecular weight is 222 g/mol. The summed E-state index contributed by atoms with van der Waals surface area (Å²) in [5.41, 5.74) is 0.838. The zero-order valence-electron chi connectivity index (χ0n) is 9.10. The second kappa shape index (κ2) is 4.53. The second-order valence-electron chi connectivity index (χ2n) is 3.68. The number of unbranched alkanes of at least 4 members (excludes halogenated alkanes) is 1. The summed E-state index contributed by atoms with van der Waals surface area (Å²) in [6.07, 6.45) is 0.806. The Morgan fingerprint density at radius 3 is 3.06 bits per heavy atom. The molecular formula is C12H14O4. The van der Waals surface area contributed by atoms with Crippen molar-refractivity contribution in [2.24, 2.45) is 0 Å². The van der Waals surface area contributed by atoms with E-state index in [0.29, 0.717) is 23.5 Å². The zero-order chi connectivity index (χ0) is 11.5. The van der Waals surface area contributed by atoms with Crippen LogP contribution in [0.25, 0.3) is 0 Å². The third-order valence-electron chi connectivity index (χ3n) is 2.50. The molecule has 1 unspecified atom stereocenters. The van der Waals surface area contributed by atoms with E-state index in [1.165, 1.54) is 0 Å². The van der Waals surface area contributed by atoms with Gasteiger partial charge in [0.15, 0.2) is 0 Å². The first-order valence-electron chi connectivity index (χ1n) is 5.38. The van der Waals surface area contributed by atoms with Gasteiger partial charge in [-0.05, 0) is 12.5 Å². The molecule has 0 spiro atoms. The van der Waals surface area contributed by atoms with E-state index in [1.54, 1.807) is 18.2 Å². The number of cyclic esters (lactones) is 1. The first-order chi connectivity index (χ1) is 7.74. The largest absolute Gasteiger partial charge is 0.493 e. The van der Waals surface area contributed by atoms with Crippen LogP contribution in [0, 0.1) is 0 Å². The molecule has 1 N–H and O–H groups in total. The molecule has 0 saturated carbocycles. The van der Waals surface area contributed by atoms with Gasteiger partial charge in [0.25, 0.3) is 0 Å². The van der Waals surface area contributed by atoms with Crippen molar-refractivity contribution in [2.75, 3.05) is 6.61 Å². The minimum atomic E-state index is -1.16. The lowest BCUT2D eigenvalue weighted by atomic mass is 10.1. The number of rotatable bonds is 4. The molecule has 16 heavy (non-hydrogen) atoms. The van der Waals surface area contributed by atoms with Crippen molar-refractivity contribution in [1.29, 1.82) is 0 Å². The molecule has 1 aromatic rings. The number of carbonyl (C=O) groups excluding carboxylic acids is 1. The molecule has 1 aromatic carbocycles. The Kier molecular flexibility index (Phi) is 3.10. The van der Waals surface area contributed by atoms with Gasteiger partial charge in [-0.15, -0.1) is 0 Å². The Bertz CT molecular complexity index is 400. The Labute approximate surface area is 93.8 Å². The van der Waals surface area contributed by atoms with Crippen molar-refractivity contribution in [2.45, 2.75) is 26.1 Å². The fraction of sp³-hybridized carbons (Fsp3) is 0.417. The maximum absolute atomic E-state index is 11.5. The molecule has 1 atom stereocenters. The normalized spacial score (nSPS) is 18.1. The van der Waals surface area contributed by atoms with Crippen LogP contribution < -0.4 is 4.74 Å². The minimum Gasteiger partial charge on any atom is -0.493 e. The van der Waals surface area contributed by atoms with Crippen molar-refractivity contribution < 1.29 is 19.4 Å². The average Bonchev–Trinajstić information content (AvgIpc) is 2.56. The Morgan fingerprint density at radius 2 is 2.31 bits per heavy atom. The number of hydrogen-bond donors (Lipinski definition) is 1. The molecular weight excluding hydrogens is 208 g/mol. The SMILES string of the molecule is CCCCOc1cccc2c1C(=O)OC2O. The van der Waals surface area contributed by atoms with Crippen LogP contribution in [0.4, 0.5) is 0 Å². The molecule has 1 heterocycles. The minimum absolute atomic E-state index is 0.353. The van der Waals surface area contributed by atoms with Gasteiger partial charge in [-0.3, -0.25) is 0 Å². The quantitative estimate of drug-likeness (QED) is 0.625. The van der Waals surface area contributed by atoms with Gasteiger partial charge in [0, 0.05) is 5.56 Å². The Morgan fingerprint density at radius 1 is 1.50 bits per heavy atom. The molecule has 1 aliphatic heterocycles. The zero-order valence-corrected chi connectivity index (χ0v) is 9.10. The molecule has 0 saturated heterocycles. The van der Waals surface area contributed by atoms with E-state index in [0.717, 1.165) is 12.8 Å². The maximum Gasteiger partial charge on any atom is 0.345 e. The third kappa shape index (κ3) is 1.88. The number of carbonyl (C=O) groups is 1. The molecule has 0 fully saturated rings. The molecule has 86 valence electrons. The molecule has 0 bridgehead atoms. The van der Waals surface area contributed by atoms with E-state index < -0.39 is 12.3 Å². The first kappa shape index (κ1) is 11.0. The van der Waals surface area contributed by atoms with E-state index in [4.69, 9.17) is 9.47 Å². The molecule has 0 amide bonds. The summed E-state index contributed by atoms with van der Waals surface area (Å²) in [7, 11) is 0. The fourth-order valence-electron chi connectivity index (χ4n) is 1.64. The molecule has 0 radical (unpaired) electrons. The van der Waals surface area contributed by atoms with Gasteiger partial charge in [0.2, 0.25) is 6.29 Å². The highest BCUT2D eigenvalue weighted by molar-refractivity contribution is 5.96. The monoisotopic (exact) mass is 222 g/mol. The van der Waals surface area contributed by atoms with Crippen molar-refractivity contribution in [3.8, 4) is 5.75 Å². The van der Waals surface area contributed by atoms with Gasteiger partial charge in [0.1, 0.15) is 11.3 Å². The Balaban J connectivity index is 2.23. The number of aliphatic hydroxyl groups excluding tert-OH is 1. The van der Waals surface area contributed by atoms with E-state index in [9.17, 15) is 9.90 Å². The van der Waals surface area contributed by atoms with Crippen LogP contribution in [-0.4, -0.2) is 17.7 Å². The summed E-state index contributed by atoms with van der Waals surface area (Å²) in [4.78, 5) is 11.5. The molecule has 0 aromatic heterocycles. The number of esters is 1. The first-order valence-corrected chi connectivity index (χ1v) is 5.38.